The van der Waals surface area contributed by atoms with Gasteiger partial charge in [-0.3, -0.25) is 0 Å². The minimum atomic E-state index is -4.00. The van der Waals surface area contributed by atoms with Crippen molar-refractivity contribution in [2.24, 2.45) is 7.05 Å². The molecule has 0 aromatic carbocycles. The first-order chi connectivity index (χ1) is 10.8. The van der Waals surface area contributed by atoms with Gasteiger partial charge in [0.1, 0.15) is 12.4 Å². The zero-order valence-electron chi connectivity index (χ0n) is 15.1. The van der Waals surface area contributed by atoms with Crippen LogP contribution in [0.25, 0.3) is 0 Å². The Kier molecular flexibility index (Phi) is 12.0. The lowest BCUT2D eigenvalue weighted by Gasteiger charge is -2.17. The van der Waals surface area contributed by atoms with Crippen molar-refractivity contribution in [3.8, 4) is 0 Å². The molecule has 0 aliphatic heterocycles. The van der Waals surface area contributed by atoms with E-state index in [2.05, 4.69) is 53.5 Å². The van der Waals surface area contributed by atoms with Crippen LogP contribution in [0.4, 0.5) is 0 Å². The van der Waals surface area contributed by atoms with Gasteiger partial charge in [0, 0.05) is 5.75 Å². The molecular formula is C16H33N3O3S. The molecule has 1 aromatic rings. The maximum absolute atomic E-state index is 10.2. The molecule has 0 amide bonds. The molecule has 1 rings (SSSR count). The molecule has 0 fully saturated rings. The van der Waals surface area contributed by atoms with Crippen LogP contribution in [0.3, 0.4) is 0 Å². The molecule has 1 heterocycles. The second-order valence-corrected chi connectivity index (χ2v) is 7.19. The molecule has 7 heteroatoms. The summed E-state index contributed by atoms with van der Waals surface area (Å²) in [6.45, 7) is 10.3. The summed E-state index contributed by atoms with van der Waals surface area (Å²) in [5, 5.41) is 0. The molecule has 0 radical (unpaired) electrons. The molecular weight excluding hydrogens is 314 g/mol. The van der Waals surface area contributed by atoms with Crippen LogP contribution in [0.2, 0.25) is 0 Å². The molecule has 0 saturated carbocycles. The lowest BCUT2D eigenvalue weighted by Crippen LogP contribution is -2.24. The molecule has 0 saturated heterocycles. The normalized spacial score (nSPS) is 11.4. The second-order valence-electron chi connectivity index (χ2n) is 5.67. The van der Waals surface area contributed by atoms with Crippen molar-refractivity contribution >= 4 is 10.1 Å². The first-order valence-electron chi connectivity index (χ1n) is 8.49. The Balaban J connectivity index is 0.000000433. The third kappa shape index (κ3) is 13.2. The Labute approximate surface area is 141 Å². The van der Waals surface area contributed by atoms with Crippen LogP contribution in [0.5, 0.6) is 0 Å². The SMILES string of the molecule is CCCCn1cc[n+](C)c1.CCN(CC)CCCCS(=O)(=O)[O-]. The predicted molar refractivity (Wildman–Crippen MR) is 92.1 cm³/mol. The van der Waals surface area contributed by atoms with E-state index in [1.165, 1.54) is 12.8 Å². The Morgan fingerprint density at radius 3 is 2.22 bits per heavy atom. The van der Waals surface area contributed by atoms with E-state index in [1.807, 2.05) is 7.05 Å². The van der Waals surface area contributed by atoms with Gasteiger partial charge in [0.25, 0.3) is 0 Å². The van der Waals surface area contributed by atoms with Gasteiger partial charge >= 0.3 is 0 Å². The lowest BCUT2D eigenvalue weighted by atomic mass is 10.3. The highest BCUT2D eigenvalue weighted by atomic mass is 32.2. The van der Waals surface area contributed by atoms with Crippen molar-refractivity contribution in [3.63, 3.8) is 0 Å². The van der Waals surface area contributed by atoms with Crippen LogP contribution < -0.4 is 4.57 Å². The number of aromatic nitrogens is 2. The topological polar surface area (TPSA) is 69.2 Å². The predicted octanol–water partition coefficient (Wildman–Crippen LogP) is 1.77. The molecule has 0 N–H and O–H groups in total. The zero-order valence-corrected chi connectivity index (χ0v) is 15.9. The molecule has 6 nitrogen and oxygen atoms in total. The van der Waals surface area contributed by atoms with Gasteiger partial charge in [-0.1, -0.05) is 27.2 Å². The van der Waals surface area contributed by atoms with Crippen LogP contribution >= 0.6 is 0 Å². The van der Waals surface area contributed by atoms with E-state index in [9.17, 15) is 13.0 Å². The standard InChI is InChI=1S/C8H15N2.C8H19NO3S/c1-3-4-5-10-7-6-9(2)8-10;1-3-9(4-2)7-5-6-8-13(10,11)12/h6-8H,3-5H2,1-2H3;3-8H2,1-2H3,(H,10,11,12)/q+1;/p-1. The number of hydrogen-bond donors (Lipinski definition) is 0. The molecule has 0 atom stereocenters. The van der Waals surface area contributed by atoms with Gasteiger partial charge in [-0.15, -0.1) is 0 Å². The summed E-state index contributed by atoms with van der Waals surface area (Å²) in [6.07, 6.45) is 10.1. The second kappa shape index (κ2) is 12.5. The summed E-state index contributed by atoms with van der Waals surface area (Å²) in [5.41, 5.74) is 0. The van der Waals surface area contributed by atoms with Crippen LogP contribution in [-0.4, -0.2) is 47.8 Å². The first kappa shape index (κ1) is 22.1. The Bertz CT molecular complexity index is 496. The molecule has 0 unspecified atom stereocenters. The van der Waals surface area contributed by atoms with Crippen molar-refractivity contribution in [1.82, 2.24) is 9.47 Å². The van der Waals surface area contributed by atoms with Gasteiger partial charge in [-0.05, 0) is 38.9 Å². The third-order valence-corrected chi connectivity index (χ3v) is 4.40. The minimum Gasteiger partial charge on any atom is -0.748 e. The molecule has 0 bridgehead atoms. The molecule has 0 aliphatic carbocycles. The quantitative estimate of drug-likeness (QED) is 0.367. The Morgan fingerprint density at radius 1 is 1.13 bits per heavy atom. The molecule has 0 aliphatic rings. The van der Waals surface area contributed by atoms with Crippen molar-refractivity contribution in [3.05, 3.63) is 18.7 Å². The number of rotatable bonds is 10. The van der Waals surface area contributed by atoms with Gasteiger partial charge in [-0.25, -0.2) is 17.6 Å². The van der Waals surface area contributed by atoms with E-state index >= 15 is 0 Å². The fourth-order valence-corrected chi connectivity index (χ4v) is 2.69. The zero-order chi connectivity index (χ0) is 17.7. The van der Waals surface area contributed by atoms with E-state index in [-0.39, 0.29) is 5.75 Å². The molecule has 136 valence electrons. The summed E-state index contributed by atoms with van der Waals surface area (Å²) in [7, 11) is -1.96. The number of aryl methyl sites for hydroxylation is 2. The first-order valence-corrected chi connectivity index (χ1v) is 10.1. The van der Waals surface area contributed by atoms with E-state index in [0.29, 0.717) is 6.42 Å². The summed E-state index contributed by atoms with van der Waals surface area (Å²) in [6, 6.07) is 0. The lowest BCUT2D eigenvalue weighted by molar-refractivity contribution is -0.671. The number of imidazole rings is 1. The smallest absolute Gasteiger partial charge is 0.243 e. The highest BCUT2D eigenvalue weighted by molar-refractivity contribution is 7.85. The monoisotopic (exact) mass is 347 g/mol. The Morgan fingerprint density at radius 2 is 1.78 bits per heavy atom. The van der Waals surface area contributed by atoms with Crippen LogP contribution in [-0.2, 0) is 23.7 Å². The van der Waals surface area contributed by atoms with Gasteiger partial charge in [0.15, 0.2) is 0 Å². The number of unbranched alkanes of at least 4 members (excludes halogenated alkanes) is 2. The Hall–Kier alpha value is -0.920. The van der Waals surface area contributed by atoms with E-state index < -0.39 is 10.1 Å². The highest BCUT2D eigenvalue weighted by Crippen LogP contribution is 1.97. The van der Waals surface area contributed by atoms with Gasteiger partial charge in [0.2, 0.25) is 6.33 Å². The maximum Gasteiger partial charge on any atom is 0.243 e. The largest absolute Gasteiger partial charge is 0.748 e. The maximum atomic E-state index is 10.2. The van der Waals surface area contributed by atoms with Crippen molar-refractivity contribution in [1.29, 1.82) is 0 Å². The summed E-state index contributed by atoms with van der Waals surface area (Å²) < 4.78 is 35.0. The molecule has 1 aromatic heterocycles. The highest BCUT2D eigenvalue weighted by Gasteiger charge is 2.00. The average Bonchev–Trinajstić information content (AvgIpc) is 2.90. The summed E-state index contributed by atoms with van der Waals surface area (Å²) in [4.78, 5) is 2.21. The summed E-state index contributed by atoms with van der Waals surface area (Å²) in [5.74, 6) is -0.228. The van der Waals surface area contributed by atoms with E-state index in [4.69, 9.17) is 0 Å². The van der Waals surface area contributed by atoms with Crippen LogP contribution in [0, 0.1) is 0 Å². The van der Waals surface area contributed by atoms with E-state index in [0.717, 1.165) is 32.6 Å². The fourth-order valence-electron chi connectivity index (χ4n) is 2.13. The van der Waals surface area contributed by atoms with Gasteiger partial charge in [-0.2, -0.15) is 0 Å². The van der Waals surface area contributed by atoms with Gasteiger partial charge < -0.3 is 9.45 Å². The number of nitrogens with zero attached hydrogens (tertiary/aromatic N) is 3. The van der Waals surface area contributed by atoms with Crippen molar-refractivity contribution < 1.29 is 17.5 Å². The van der Waals surface area contributed by atoms with Gasteiger partial charge in [0.05, 0.1) is 23.7 Å². The van der Waals surface area contributed by atoms with Crippen LogP contribution in [0.1, 0.15) is 46.5 Å². The van der Waals surface area contributed by atoms with Crippen molar-refractivity contribution in [2.45, 2.75) is 53.0 Å². The average molecular weight is 348 g/mol. The van der Waals surface area contributed by atoms with E-state index in [1.54, 1.807) is 0 Å². The number of hydrogen-bond acceptors (Lipinski definition) is 4. The minimum absolute atomic E-state index is 0.228. The molecule has 0 spiro atoms. The summed E-state index contributed by atoms with van der Waals surface area (Å²) >= 11 is 0. The van der Waals surface area contributed by atoms with Crippen molar-refractivity contribution in [2.75, 3.05) is 25.4 Å². The fraction of sp³-hybridized carbons (Fsp3) is 0.812. The van der Waals surface area contributed by atoms with Crippen LogP contribution in [0.15, 0.2) is 18.7 Å². The third-order valence-electron chi connectivity index (χ3n) is 3.61. The molecule has 23 heavy (non-hydrogen) atoms.